The molecule has 2 aromatic heterocycles. The molecule has 10 heteroatoms. The molecule has 0 aromatic carbocycles. The Labute approximate surface area is 187 Å². The largest absolute Gasteiger partial charge is 0.489 e. The molecule has 0 aliphatic carbocycles. The van der Waals surface area contributed by atoms with Gasteiger partial charge in [-0.05, 0) is 47.6 Å². The first-order valence-electron chi connectivity index (χ1n) is 10.4. The zero-order valence-corrected chi connectivity index (χ0v) is 19.3. The minimum absolute atomic E-state index is 0.0655. The number of ether oxygens (including phenoxy) is 2. The van der Waals surface area contributed by atoms with Gasteiger partial charge in [-0.1, -0.05) is 0 Å². The van der Waals surface area contributed by atoms with E-state index in [-0.39, 0.29) is 18.2 Å². The first-order chi connectivity index (χ1) is 15.0. The van der Waals surface area contributed by atoms with Crippen molar-refractivity contribution in [3.8, 4) is 11.8 Å². The zero-order chi connectivity index (χ0) is 23.6. The van der Waals surface area contributed by atoms with Gasteiger partial charge in [0.05, 0.1) is 24.1 Å². The maximum Gasteiger partial charge on any atom is 0.410 e. The van der Waals surface area contributed by atoms with E-state index in [0.717, 1.165) is 0 Å². The second-order valence-electron chi connectivity index (χ2n) is 8.95. The zero-order valence-electron chi connectivity index (χ0n) is 19.3. The summed E-state index contributed by atoms with van der Waals surface area (Å²) in [6, 6.07) is 3.86. The molecule has 1 aliphatic heterocycles. The van der Waals surface area contributed by atoms with Crippen LogP contribution in [0.25, 0.3) is 5.52 Å². The molecular formula is C22H29N7O3. The summed E-state index contributed by atoms with van der Waals surface area (Å²) < 4.78 is 12.9. The van der Waals surface area contributed by atoms with Crippen LogP contribution < -0.4 is 10.6 Å². The Balaban J connectivity index is 1.83. The highest BCUT2D eigenvalue weighted by Crippen LogP contribution is 2.27. The van der Waals surface area contributed by atoms with Gasteiger partial charge in [-0.3, -0.25) is 4.99 Å². The molecule has 1 saturated heterocycles. The van der Waals surface area contributed by atoms with E-state index in [2.05, 4.69) is 21.3 Å². The molecule has 32 heavy (non-hydrogen) atoms. The maximum atomic E-state index is 12.1. The van der Waals surface area contributed by atoms with Crippen molar-refractivity contribution in [1.29, 1.82) is 5.26 Å². The number of aromatic nitrogens is 2. The Hall–Kier alpha value is -3.61. The van der Waals surface area contributed by atoms with Crippen LogP contribution >= 0.6 is 0 Å². The number of fused-ring (bicyclic) bond motifs is 1. The number of nitrogens with two attached hydrogens (primary N) is 1. The van der Waals surface area contributed by atoms with Crippen molar-refractivity contribution in [1.82, 2.24) is 14.5 Å². The Bertz CT molecular complexity index is 1110. The molecule has 2 N–H and O–H groups in total. The molecule has 0 radical (unpaired) electrons. The Morgan fingerprint density at radius 2 is 2.06 bits per heavy atom. The van der Waals surface area contributed by atoms with Gasteiger partial charge in [-0.25, -0.2) is 9.31 Å². The fourth-order valence-corrected chi connectivity index (χ4v) is 3.36. The van der Waals surface area contributed by atoms with Crippen molar-refractivity contribution in [3.05, 3.63) is 29.6 Å². The van der Waals surface area contributed by atoms with Crippen molar-refractivity contribution in [2.45, 2.75) is 59.3 Å². The number of nitrogens with zero attached hydrogens (tertiary/aromatic N) is 6. The highest BCUT2D eigenvalue weighted by Gasteiger charge is 2.33. The number of hydrogen-bond donors (Lipinski definition) is 1. The molecule has 3 heterocycles. The molecular weight excluding hydrogens is 410 g/mol. The number of likely N-dealkylation sites (tertiary alicyclic amines) is 1. The number of pyridine rings is 1. The van der Waals surface area contributed by atoms with Crippen molar-refractivity contribution in [2.75, 3.05) is 13.1 Å². The van der Waals surface area contributed by atoms with Gasteiger partial charge in [-0.2, -0.15) is 15.5 Å². The first kappa shape index (κ1) is 23.1. The number of amides is 1. The van der Waals surface area contributed by atoms with Crippen LogP contribution in [0.2, 0.25) is 0 Å². The predicted molar refractivity (Wildman–Crippen MR) is 121 cm³/mol. The van der Waals surface area contributed by atoms with Crippen molar-refractivity contribution >= 4 is 23.0 Å². The molecule has 3 rings (SSSR count). The van der Waals surface area contributed by atoms with E-state index in [0.29, 0.717) is 46.9 Å². The predicted octanol–water partition coefficient (Wildman–Crippen LogP) is 2.74. The molecule has 10 nitrogen and oxygen atoms in total. The third-order valence-corrected chi connectivity index (χ3v) is 4.70. The first-order valence-corrected chi connectivity index (χ1v) is 10.4. The highest BCUT2D eigenvalue weighted by atomic mass is 16.6. The van der Waals surface area contributed by atoms with E-state index >= 15 is 0 Å². The average molecular weight is 440 g/mol. The molecule has 0 atom stereocenters. The van der Waals surface area contributed by atoms with Crippen LogP contribution in [-0.4, -0.2) is 62.9 Å². The van der Waals surface area contributed by atoms with E-state index in [9.17, 15) is 10.1 Å². The van der Waals surface area contributed by atoms with E-state index < -0.39 is 5.60 Å². The molecule has 0 unspecified atom stereocenters. The summed E-state index contributed by atoms with van der Waals surface area (Å²) >= 11 is 0. The Morgan fingerprint density at radius 1 is 1.38 bits per heavy atom. The molecule has 0 saturated carbocycles. The second-order valence-corrected chi connectivity index (χ2v) is 8.95. The fraction of sp³-hybridized carbons (Fsp3) is 0.500. The van der Waals surface area contributed by atoms with E-state index in [1.54, 1.807) is 21.7 Å². The number of hydrogen-bond acceptors (Lipinski definition) is 8. The number of hydrazone groups is 1. The third-order valence-electron chi connectivity index (χ3n) is 4.70. The van der Waals surface area contributed by atoms with Gasteiger partial charge in [-0.15, -0.1) is 0 Å². The number of rotatable bonds is 5. The minimum Gasteiger partial charge on any atom is -0.489 e. The highest BCUT2D eigenvalue weighted by molar-refractivity contribution is 6.47. The lowest BCUT2D eigenvalue weighted by atomic mass is 10.1. The lowest BCUT2D eigenvalue weighted by Gasteiger charge is -2.38. The normalized spacial score (nSPS) is 15.6. The minimum atomic E-state index is -0.535. The molecule has 1 amide bonds. The van der Waals surface area contributed by atoms with Crippen LogP contribution in [0, 0.1) is 11.3 Å². The summed E-state index contributed by atoms with van der Waals surface area (Å²) in [6.07, 6.45) is 2.79. The number of nitriles is 1. The van der Waals surface area contributed by atoms with Crippen LogP contribution in [0.3, 0.4) is 0 Å². The van der Waals surface area contributed by atoms with Gasteiger partial charge >= 0.3 is 6.09 Å². The monoisotopic (exact) mass is 439 g/mol. The molecule has 170 valence electrons. The number of aliphatic imine (C=N–C) groups is 1. The number of carbonyl (C=O) groups excluding carboxylic acids is 1. The van der Waals surface area contributed by atoms with Crippen molar-refractivity contribution < 1.29 is 14.3 Å². The quantitative estimate of drug-likeness (QED) is 0.433. The lowest BCUT2D eigenvalue weighted by molar-refractivity contribution is 0.00907. The van der Waals surface area contributed by atoms with Crippen LogP contribution in [0.5, 0.6) is 5.75 Å². The number of carbonyl (C=O) groups is 1. The summed E-state index contributed by atoms with van der Waals surface area (Å²) in [5, 5.41) is 17.6. The van der Waals surface area contributed by atoms with E-state index in [1.807, 2.05) is 41.5 Å². The standard InChI is InChI=1S/C22H29N7O3/c1-13(2)31-18-7-15(10-29-20(18)16(8-23)9-25-29)19(27-24)14(3)26-17-11-28(12-17)21(30)32-22(4,5)6/h7,9-10,13,17H,11-12,24H2,1-6H3/b26-14?,27-19+. The molecule has 2 aromatic rings. The second kappa shape index (κ2) is 8.86. The fourth-order valence-electron chi connectivity index (χ4n) is 3.36. The summed E-state index contributed by atoms with van der Waals surface area (Å²) in [7, 11) is 0. The summed E-state index contributed by atoms with van der Waals surface area (Å²) in [5.41, 5.74) is 2.23. The smallest absolute Gasteiger partial charge is 0.410 e. The van der Waals surface area contributed by atoms with E-state index in [4.69, 9.17) is 15.3 Å². The van der Waals surface area contributed by atoms with Crippen LogP contribution in [0.1, 0.15) is 52.7 Å². The summed E-state index contributed by atoms with van der Waals surface area (Å²) in [6.45, 7) is 12.1. The van der Waals surface area contributed by atoms with Crippen LogP contribution in [0.4, 0.5) is 4.79 Å². The Morgan fingerprint density at radius 3 is 2.62 bits per heavy atom. The van der Waals surface area contributed by atoms with Gasteiger partial charge in [0.15, 0.2) is 0 Å². The maximum absolute atomic E-state index is 12.1. The van der Waals surface area contributed by atoms with Gasteiger partial charge in [0.25, 0.3) is 0 Å². The molecule has 0 spiro atoms. The average Bonchev–Trinajstić information content (AvgIpc) is 3.06. The van der Waals surface area contributed by atoms with Gasteiger partial charge in [0.2, 0.25) is 0 Å². The van der Waals surface area contributed by atoms with Gasteiger partial charge in [0, 0.05) is 24.8 Å². The van der Waals surface area contributed by atoms with Crippen LogP contribution in [-0.2, 0) is 4.74 Å². The topological polar surface area (TPSA) is 131 Å². The van der Waals surface area contributed by atoms with Gasteiger partial charge < -0.3 is 20.2 Å². The SMILES string of the molecule is CC(=NC1CN(C(=O)OC(C)(C)C)C1)/C(=N\N)c1cc(OC(C)C)c2c(C#N)cnn2c1. The van der Waals surface area contributed by atoms with Gasteiger partial charge in [0.1, 0.15) is 34.2 Å². The lowest BCUT2D eigenvalue weighted by Crippen LogP contribution is -2.54. The third kappa shape index (κ3) is 4.99. The van der Waals surface area contributed by atoms with Crippen molar-refractivity contribution in [3.63, 3.8) is 0 Å². The van der Waals surface area contributed by atoms with Crippen LogP contribution in [0.15, 0.2) is 28.6 Å². The van der Waals surface area contributed by atoms with Crippen molar-refractivity contribution in [2.24, 2.45) is 15.9 Å². The molecule has 1 fully saturated rings. The summed E-state index contributed by atoms with van der Waals surface area (Å²) in [4.78, 5) is 18.4. The van der Waals surface area contributed by atoms with E-state index in [1.165, 1.54) is 6.20 Å². The molecule has 1 aliphatic rings. The molecule has 0 bridgehead atoms. The Kier molecular flexibility index (Phi) is 6.39. The summed E-state index contributed by atoms with van der Waals surface area (Å²) in [5.74, 6) is 6.23.